The average molecular weight is 281 g/mol. The maximum atomic E-state index is 12.2. The molecule has 2 N–H and O–H groups in total. The lowest BCUT2D eigenvalue weighted by molar-refractivity contribution is 0.0699. The van der Waals surface area contributed by atoms with Gasteiger partial charge in [-0.2, -0.15) is 0 Å². The van der Waals surface area contributed by atoms with Gasteiger partial charge in [0.05, 0.1) is 5.56 Å². The molecule has 106 valence electrons. The van der Waals surface area contributed by atoms with Crippen LogP contribution in [0.4, 0.5) is 0 Å². The summed E-state index contributed by atoms with van der Waals surface area (Å²) >= 11 is 0. The highest BCUT2D eigenvalue weighted by molar-refractivity contribution is 6.14. The highest BCUT2D eigenvalue weighted by Gasteiger charge is 2.15. The number of benzene rings is 2. The van der Waals surface area contributed by atoms with Gasteiger partial charge < -0.3 is 10.4 Å². The van der Waals surface area contributed by atoms with E-state index >= 15 is 0 Å². The molecule has 0 aliphatic carbocycles. The number of nitrogens with one attached hydrogen (secondary N) is 1. The Balaban J connectivity index is 2.40. The van der Waals surface area contributed by atoms with Crippen molar-refractivity contribution in [2.24, 2.45) is 0 Å². The van der Waals surface area contributed by atoms with Crippen LogP contribution >= 0.6 is 0 Å². The van der Waals surface area contributed by atoms with Gasteiger partial charge in [-0.05, 0) is 24.4 Å². The van der Waals surface area contributed by atoms with Gasteiger partial charge in [0.25, 0.3) is 5.91 Å². The summed E-state index contributed by atoms with van der Waals surface area (Å²) in [5.74, 6) is 4.29. The summed E-state index contributed by atoms with van der Waals surface area (Å²) in [4.78, 5) is 23.6. The molecule has 2 rings (SSSR count). The lowest BCUT2D eigenvalue weighted by Crippen LogP contribution is -2.24. The Kier molecular flexibility index (Phi) is 4.57. The zero-order valence-corrected chi connectivity index (χ0v) is 11.6. The van der Waals surface area contributed by atoms with Crippen LogP contribution in [-0.4, -0.2) is 23.5 Å². The molecule has 1 amide bonds. The van der Waals surface area contributed by atoms with Crippen molar-refractivity contribution in [1.29, 1.82) is 0 Å². The number of carboxylic acid groups (broad SMARTS) is 1. The van der Waals surface area contributed by atoms with E-state index in [1.165, 1.54) is 6.07 Å². The number of carboxylic acids is 1. The van der Waals surface area contributed by atoms with Crippen LogP contribution in [0.25, 0.3) is 10.8 Å². The van der Waals surface area contributed by atoms with Crippen LogP contribution in [0, 0.1) is 11.8 Å². The Labute approximate surface area is 122 Å². The lowest BCUT2D eigenvalue weighted by Gasteiger charge is -2.09. The molecule has 0 aliphatic rings. The Hall–Kier alpha value is -2.80. The normalized spacial score (nSPS) is 9.76. The SMILES string of the molecule is CC#CCCNC(=O)c1cccc2cccc(C(=O)O)c12. The molecule has 0 aromatic heterocycles. The number of carbonyl (C=O) groups is 2. The first-order valence-electron chi connectivity index (χ1n) is 6.58. The second-order valence-electron chi connectivity index (χ2n) is 4.45. The molecule has 0 aliphatic heterocycles. The minimum Gasteiger partial charge on any atom is -0.478 e. The van der Waals surface area contributed by atoms with E-state index in [0.29, 0.717) is 23.9 Å². The second kappa shape index (κ2) is 6.58. The third kappa shape index (κ3) is 3.21. The molecule has 0 heterocycles. The second-order valence-corrected chi connectivity index (χ2v) is 4.45. The zero-order valence-electron chi connectivity index (χ0n) is 11.6. The largest absolute Gasteiger partial charge is 0.478 e. The molecular formula is C17H15NO3. The zero-order chi connectivity index (χ0) is 15.2. The number of rotatable bonds is 4. The van der Waals surface area contributed by atoms with Crippen LogP contribution in [-0.2, 0) is 0 Å². The van der Waals surface area contributed by atoms with Crippen LogP contribution < -0.4 is 5.32 Å². The number of hydrogen-bond acceptors (Lipinski definition) is 2. The number of amides is 1. The molecule has 0 fully saturated rings. The molecule has 0 unspecified atom stereocenters. The van der Waals surface area contributed by atoms with Gasteiger partial charge in [0, 0.05) is 23.9 Å². The van der Waals surface area contributed by atoms with E-state index in [4.69, 9.17) is 0 Å². The van der Waals surface area contributed by atoms with E-state index < -0.39 is 5.97 Å². The Bertz CT molecular complexity index is 748. The highest BCUT2D eigenvalue weighted by atomic mass is 16.4. The van der Waals surface area contributed by atoms with Crippen molar-refractivity contribution >= 4 is 22.6 Å². The fourth-order valence-electron chi connectivity index (χ4n) is 2.17. The quantitative estimate of drug-likeness (QED) is 0.669. The van der Waals surface area contributed by atoms with E-state index in [0.717, 1.165) is 5.39 Å². The molecule has 0 radical (unpaired) electrons. The number of aromatic carboxylic acids is 1. The summed E-state index contributed by atoms with van der Waals surface area (Å²) in [6.07, 6.45) is 0.568. The topological polar surface area (TPSA) is 66.4 Å². The van der Waals surface area contributed by atoms with Gasteiger partial charge in [-0.25, -0.2) is 4.79 Å². The van der Waals surface area contributed by atoms with Gasteiger partial charge in [-0.3, -0.25) is 4.79 Å². The highest BCUT2D eigenvalue weighted by Crippen LogP contribution is 2.23. The molecular weight excluding hydrogens is 266 g/mol. The molecule has 0 spiro atoms. The van der Waals surface area contributed by atoms with Gasteiger partial charge >= 0.3 is 5.97 Å². The molecule has 0 atom stereocenters. The van der Waals surface area contributed by atoms with Crippen molar-refractivity contribution in [2.75, 3.05) is 6.54 Å². The van der Waals surface area contributed by atoms with Crippen LogP contribution in [0.2, 0.25) is 0 Å². The van der Waals surface area contributed by atoms with Crippen molar-refractivity contribution in [3.63, 3.8) is 0 Å². The molecule has 0 saturated carbocycles. The summed E-state index contributed by atoms with van der Waals surface area (Å²) in [7, 11) is 0. The van der Waals surface area contributed by atoms with Gasteiger partial charge in [-0.15, -0.1) is 11.8 Å². The van der Waals surface area contributed by atoms with Crippen molar-refractivity contribution in [2.45, 2.75) is 13.3 Å². The van der Waals surface area contributed by atoms with Gasteiger partial charge in [0.1, 0.15) is 0 Å². The van der Waals surface area contributed by atoms with E-state index in [9.17, 15) is 14.7 Å². The Morgan fingerprint density at radius 2 is 1.81 bits per heavy atom. The monoisotopic (exact) mass is 281 g/mol. The summed E-state index contributed by atoms with van der Waals surface area (Å²) in [6, 6.07) is 10.1. The third-order valence-corrected chi connectivity index (χ3v) is 3.09. The van der Waals surface area contributed by atoms with Crippen molar-refractivity contribution in [3.8, 4) is 11.8 Å². The first-order chi connectivity index (χ1) is 10.1. The third-order valence-electron chi connectivity index (χ3n) is 3.09. The average Bonchev–Trinajstić information content (AvgIpc) is 2.50. The van der Waals surface area contributed by atoms with Crippen LogP contribution in [0.5, 0.6) is 0 Å². The summed E-state index contributed by atoms with van der Waals surface area (Å²) in [5.41, 5.74) is 0.501. The number of hydrogen-bond donors (Lipinski definition) is 2. The van der Waals surface area contributed by atoms with Crippen LogP contribution in [0.3, 0.4) is 0 Å². The predicted molar refractivity (Wildman–Crippen MR) is 81.3 cm³/mol. The molecule has 2 aromatic rings. The molecule has 21 heavy (non-hydrogen) atoms. The Morgan fingerprint density at radius 3 is 2.43 bits per heavy atom. The molecule has 4 nitrogen and oxygen atoms in total. The van der Waals surface area contributed by atoms with Gasteiger partial charge in [0.2, 0.25) is 0 Å². The summed E-state index contributed by atoms with van der Waals surface area (Å²) in [5, 5.41) is 13.2. The Morgan fingerprint density at radius 1 is 1.14 bits per heavy atom. The molecule has 4 heteroatoms. The van der Waals surface area contributed by atoms with Gasteiger partial charge in [-0.1, -0.05) is 24.3 Å². The van der Waals surface area contributed by atoms with E-state index in [1.807, 2.05) is 0 Å². The van der Waals surface area contributed by atoms with Crippen LogP contribution in [0.1, 0.15) is 34.1 Å². The summed E-state index contributed by atoms with van der Waals surface area (Å²) < 4.78 is 0. The number of fused-ring (bicyclic) bond motifs is 1. The maximum absolute atomic E-state index is 12.2. The standard InChI is InChI=1S/C17H15NO3/c1-2-3-4-11-18-16(19)13-9-5-7-12-8-6-10-14(15(12)13)17(20)21/h5-10H,4,11H2,1H3,(H,18,19)(H,20,21). The first-order valence-corrected chi connectivity index (χ1v) is 6.58. The lowest BCUT2D eigenvalue weighted by atomic mass is 9.98. The fourth-order valence-corrected chi connectivity index (χ4v) is 2.17. The first kappa shape index (κ1) is 14.6. The van der Waals surface area contributed by atoms with E-state index in [2.05, 4.69) is 17.2 Å². The van der Waals surface area contributed by atoms with Crippen molar-refractivity contribution in [3.05, 3.63) is 47.5 Å². The predicted octanol–water partition coefficient (Wildman–Crippen LogP) is 2.68. The van der Waals surface area contributed by atoms with Crippen LogP contribution in [0.15, 0.2) is 36.4 Å². The summed E-state index contributed by atoms with van der Waals surface area (Å²) in [6.45, 7) is 2.18. The number of carbonyl (C=O) groups excluding carboxylic acids is 1. The van der Waals surface area contributed by atoms with E-state index in [1.54, 1.807) is 37.3 Å². The maximum Gasteiger partial charge on any atom is 0.336 e. The molecule has 0 saturated heterocycles. The smallest absolute Gasteiger partial charge is 0.336 e. The molecule has 2 aromatic carbocycles. The fraction of sp³-hybridized carbons (Fsp3) is 0.176. The van der Waals surface area contributed by atoms with Crippen molar-refractivity contribution in [1.82, 2.24) is 5.32 Å². The van der Waals surface area contributed by atoms with Gasteiger partial charge in [0.15, 0.2) is 0 Å². The minimum absolute atomic E-state index is 0.131. The minimum atomic E-state index is -1.04. The molecule has 0 bridgehead atoms. The van der Waals surface area contributed by atoms with Crippen molar-refractivity contribution < 1.29 is 14.7 Å². The van der Waals surface area contributed by atoms with E-state index in [-0.39, 0.29) is 11.5 Å².